The van der Waals surface area contributed by atoms with E-state index in [1.54, 1.807) is 6.92 Å². The molecule has 1 heterocycles. The second-order valence-electron chi connectivity index (χ2n) is 3.69. The van der Waals surface area contributed by atoms with Crippen LogP contribution < -0.4 is 0 Å². The van der Waals surface area contributed by atoms with Gasteiger partial charge >= 0.3 is 6.18 Å². The van der Waals surface area contributed by atoms with E-state index < -0.39 is 11.7 Å². The average Bonchev–Trinajstić information content (AvgIpc) is 2.28. The maximum absolute atomic E-state index is 12.5. The van der Waals surface area contributed by atoms with Crippen LogP contribution in [0.25, 0.3) is 10.9 Å². The number of aromatic nitrogens is 1. The zero-order chi connectivity index (χ0) is 12.6. The van der Waals surface area contributed by atoms with Gasteiger partial charge in [-0.3, -0.25) is 9.78 Å². The van der Waals surface area contributed by atoms with Crippen molar-refractivity contribution in [2.24, 2.45) is 0 Å². The summed E-state index contributed by atoms with van der Waals surface area (Å²) in [7, 11) is 0. The largest absolute Gasteiger partial charge is 0.416 e. The fraction of sp³-hybridized carbons (Fsp3) is 0.167. The molecule has 17 heavy (non-hydrogen) atoms. The van der Waals surface area contributed by atoms with Gasteiger partial charge in [0.1, 0.15) is 0 Å². The van der Waals surface area contributed by atoms with E-state index in [9.17, 15) is 18.0 Å². The summed E-state index contributed by atoms with van der Waals surface area (Å²) in [6.45, 7) is 1.68. The number of hydrogen-bond acceptors (Lipinski definition) is 2. The van der Waals surface area contributed by atoms with E-state index in [1.807, 2.05) is 0 Å². The van der Waals surface area contributed by atoms with Crippen molar-refractivity contribution < 1.29 is 18.0 Å². The van der Waals surface area contributed by atoms with E-state index in [2.05, 4.69) is 4.98 Å². The van der Waals surface area contributed by atoms with E-state index >= 15 is 0 Å². The number of alkyl halides is 3. The minimum atomic E-state index is -4.38. The molecule has 2 rings (SSSR count). The van der Waals surface area contributed by atoms with Crippen LogP contribution in [0.1, 0.15) is 21.5 Å². The van der Waals surface area contributed by atoms with Gasteiger partial charge in [-0.05, 0) is 24.6 Å². The lowest BCUT2D eigenvalue weighted by Crippen LogP contribution is -2.05. The van der Waals surface area contributed by atoms with Crippen molar-refractivity contribution in [3.63, 3.8) is 0 Å². The molecule has 0 aliphatic heterocycles. The van der Waals surface area contributed by atoms with Crippen LogP contribution in [0.4, 0.5) is 13.2 Å². The molecular weight excluding hydrogens is 231 g/mol. The Morgan fingerprint density at radius 2 is 2.00 bits per heavy atom. The van der Waals surface area contributed by atoms with Gasteiger partial charge in [-0.1, -0.05) is 6.07 Å². The third-order valence-electron chi connectivity index (χ3n) is 2.63. The maximum atomic E-state index is 12.5. The fourth-order valence-electron chi connectivity index (χ4n) is 1.64. The van der Waals surface area contributed by atoms with E-state index in [0.717, 1.165) is 12.1 Å². The molecule has 5 heteroatoms. The highest BCUT2D eigenvalue weighted by Crippen LogP contribution is 2.31. The second-order valence-corrected chi connectivity index (χ2v) is 3.69. The first kappa shape index (κ1) is 11.6. The molecule has 0 saturated heterocycles. The van der Waals surface area contributed by atoms with Gasteiger partial charge in [0.2, 0.25) is 0 Å². The van der Waals surface area contributed by atoms with Crippen molar-refractivity contribution in [3.05, 3.63) is 41.1 Å². The molecule has 0 saturated carbocycles. The molecular formula is C12H8F3NO. The van der Waals surface area contributed by atoms with Crippen LogP contribution >= 0.6 is 0 Å². The first-order chi connectivity index (χ1) is 7.93. The Labute approximate surface area is 95.1 Å². The van der Waals surface area contributed by atoms with Crippen LogP contribution in [0.2, 0.25) is 0 Å². The SMILES string of the molecule is Cc1c(C=O)cnc2cc(C(F)(F)F)ccc12. The number of aldehydes is 1. The lowest BCUT2D eigenvalue weighted by molar-refractivity contribution is -0.137. The zero-order valence-electron chi connectivity index (χ0n) is 8.88. The summed E-state index contributed by atoms with van der Waals surface area (Å²) in [6, 6.07) is 3.32. The Morgan fingerprint density at radius 1 is 1.29 bits per heavy atom. The van der Waals surface area contributed by atoms with Crippen molar-refractivity contribution in [2.45, 2.75) is 13.1 Å². The number of halogens is 3. The van der Waals surface area contributed by atoms with Crippen molar-refractivity contribution in [1.82, 2.24) is 4.98 Å². The molecule has 2 aromatic rings. The van der Waals surface area contributed by atoms with Crippen molar-refractivity contribution in [1.29, 1.82) is 0 Å². The fourth-order valence-corrected chi connectivity index (χ4v) is 1.64. The van der Waals surface area contributed by atoms with Crippen LogP contribution in [0.5, 0.6) is 0 Å². The number of pyridine rings is 1. The van der Waals surface area contributed by atoms with Gasteiger partial charge < -0.3 is 0 Å². The summed E-state index contributed by atoms with van der Waals surface area (Å²) >= 11 is 0. The van der Waals surface area contributed by atoms with Crippen LogP contribution in [-0.2, 0) is 6.18 Å². The maximum Gasteiger partial charge on any atom is 0.416 e. The highest BCUT2D eigenvalue weighted by molar-refractivity contribution is 5.90. The molecule has 0 aliphatic rings. The van der Waals surface area contributed by atoms with Gasteiger partial charge in [-0.2, -0.15) is 13.2 Å². The molecule has 1 aromatic carbocycles. The van der Waals surface area contributed by atoms with Crippen LogP contribution in [0, 0.1) is 6.92 Å². The normalized spacial score (nSPS) is 11.8. The summed E-state index contributed by atoms with van der Waals surface area (Å²) in [5.74, 6) is 0. The molecule has 0 unspecified atom stereocenters. The molecule has 88 valence electrons. The molecule has 2 nitrogen and oxygen atoms in total. The first-order valence-electron chi connectivity index (χ1n) is 4.85. The van der Waals surface area contributed by atoms with E-state index in [4.69, 9.17) is 0 Å². The average molecular weight is 239 g/mol. The number of fused-ring (bicyclic) bond motifs is 1. The van der Waals surface area contributed by atoms with Crippen LogP contribution in [0.3, 0.4) is 0 Å². The lowest BCUT2D eigenvalue weighted by Gasteiger charge is -2.09. The van der Waals surface area contributed by atoms with Gasteiger partial charge in [0.05, 0.1) is 11.1 Å². The molecule has 0 fully saturated rings. The lowest BCUT2D eigenvalue weighted by atomic mass is 10.0. The summed E-state index contributed by atoms with van der Waals surface area (Å²) in [4.78, 5) is 14.5. The molecule has 1 aromatic heterocycles. The molecule has 0 amide bonds. The molecule has 0 spiro atoms. The number of rotatable bonds is 1. The molecule has 0 radical (unpaired) electrons. The van der Waals surface area contributed by atoms with Gasteiger partial charge in [-0.15, -0.1) is 0 Å². The second kappa shape index (κ2) is 3.84. The third-order valence-corrected chi connectivity index (χ3v) is 2.63. The van der Waals surface area contributed by atoms with E-state index in [1.165, 1.54) is 12.3 Å². The summed E-state index contributed by atoms with van der Waals surface area (Å²) in [6.07, 6.45) is -2.46. The minimum Gasteiger partial charge on any atom is -0.298 e. The molecule has 0 bridgehead atoms. The number of aryl methyl sites for hydroxylation is 1. The zero-order valence-corrected chi connectivity index (χ0v) is 8.88. The van der Waals surface area contributed by atoms with Crippen LogP contribution in [0.15, 0.2) is 24.4 Å². The van der Waals surface area contributed by atoms with Gasteiger partial charge in [0.25, 0.3) is 0 Å². The Kier molecular flexibility index (Phi) is 2.61. The molecule has 0 aliphatic carbocycles. The third kappa shape index (κ3) is 2.00. The summed E-state index contributed by atoms with van der Waals surface area (Å²) in [5, 5.41) is 0.558. The predicted molar refractivity (Wildman–Crippen MR) is 56.9 cm³/mol. The van der Waals surface area contributed by atoms with Crippen molar-refractivity contribution >= 4 is 17.2 Å². The van der Waals surface area contributed by atoms with Crippen LogP contribution in [-0.4, -0.2) is 11.3 Å². The van der Waals surface area contributed by atoms with Gasteiger partial charge in [0, 0.05) is 17.1 Å². The summed E-state index contributed by atoms with van der Waals surface area (Å²) in [5.41, 5.74) is 0.523. The number of benzene rings is 1. The highest BCUT2D eigenvalue weighted by Gasteiger charge is 2.30. The number of carbonyl (C=O) groups excluding carboxylic acids is 1. The Hall–Kier alpha value is -1.91. The molecule has 0 atom stereocenters. The number of carbonyl (C=O) groups is 1. The Balaban J connectivity index is 2.70. The monoisotopic (exact) mass is 239 g/mol. The predicted octanol–water partition coefficient (Wildman–Crippen LogP) is 3.37. The van der Waals surface area contributed by atoms with Crippen molar-refractivity contribution in [3.8, 4) is 0 Å². The minimum absolute atomic E-state index is 0.239. The molecule has 0 N–H and O–H groups in total. The van der Waals surface area contributed by atoms with Gasteiger partial charge in [-0.25, -0.2) is 0 Å². The Bertz CT molecular complexity index is 590. The van der Waals surface area contributed by atoms with E-state index in [0.29, 0.717) is 22.8 Å². The number of hydrogen-bond donors (Lipinski definition) is 0. The smallest absolute Gasteiger partial charge is 0.298 e. The summed E-state index contributed by atoms with van der Waals surface area (Å²) < 4.78 is 37.4. The quantitative estimate of drug-likeness (QED) is 0.714. The topological polar surface area (TPSA) is 30.0 Å². The Morgan fingerprint density at radius 3 is 2.59 bits per heavy atom. The van der Waals surface area contributed by atoms with E-state index in [-0.39, 0.29) is 5.52 Å². The van der Waals surface area contributed by atoms with Gasteiger partial charge in [0.15, 0.2) is 6.29 Å². The highest BCUT2D eigenvalue weighted by atomic mass is 19.4. The standard InChI is InChI=1S/C12H8F3NO/c1-7-8(6-17)5-16-11-4-9(12(13,14)15)2-3-10(7)11/h2-6H,1H3. The van der Waals surface area contributed by atoms with Crippen molar-refractivity contribution in [2.75, 3.05) is 0 Å². The number of nitrogens with zero attached hydrogens (tertiary/aromatic N) is 1. The first-order valence-corrected chi connectivity index (χ1v) is 4.85.